The first-order valence-corrected chi connectivity index (χ1v) is 11.5. The number of aryl methyl sites for hydroxylation is 2. The second kappa shape index (κ2) is 10.8. The Labute approximate surface area is 186 Å². The zero-order valence-corrected chi connectivity index (χ0v) is 18.7. The molecule has 0 radical (unpaired) electrons. The van der Waals surface area contributed by atoms with Crippen molar-refractivity contribution in [2.24, 2.45) is 5.41 Å². The van der Waals surface area contributed by atoms with E-state index in [0.29, 0.717) is 13.0 Å². The molecule has 2 aromatic rings. The molecule has 4 rings (SSSR count). The minimum Gasteiger partial charge on any atom is -0.483 e. The summed E-state index contributed by atoms with van der Waals surface area (Å²) in [5.41, 5.74) is 1.13. The van der Waals surface area contributed by atoms with Crippen molar-refractivity contribution in [1.29, 1.82) is 0 Å². The number of β-amino-alcohol motifs (C(OH)–C–C–N with tert-alkyl or cyclic N) is 1. The van der Waals surface area contributed by atoms with Gasteiger partial charge in [0.2, 0.25) is 5.91 Å². The zero-order valence-electron chi connectivity index (χ0n) is 17.9. The third-order valence-corrected chi connectivity index (χ3v) is 6.89. The summed E-state index contributed by atoms with van der Waals surface area (Å²) in [5.74, 6) is 1.17. The molecular formula is C21H31N5O4S. The number of nitrogens with one attached hydrogen (secondary N) is 1. The smallest absolute Gasteiger partial charge is 0.290 e. The number of carbonyl (C=O) groups is 2. The number of hydrogen-bond donors (Lipinski definition) is 3. The van der Waals surface area contributed by atoms with Crippen LogP contribution in [0.15, 0.2) is 17.8 Å². The Balaban J connectivity index is 0.000000858. The maximum absolute atomic E-state index is 12.6. The lowest BCUT2D eigenvalue weighted by molar-refractivity contribution is -0.135. The molecule has 2 aliphatic heterocycles. The summed E-state index contributed by atoms with van der Waals surface area (Å²) in [6.07, 6.45) is 7.30. The first-order chi connectivity index (χ1) is 14.9. The van der Waals surface area contributed by atoms with E-state index in [1.54, 1.807) is 17.5 Å². The van der Waals surface area contributed by atoms with E-state index in [4.69, 9.17) is 9.90 Å². The molecule has 2 aromatic heterocycles. The van der Waals surface area contributed by atoms with Crippen LogP contribution >= 0.6 is 11.3 Å². The van der Waals surface area contributed by atoms with Crippen LogP contribution in [-0.4, -0.2) is 79.6 Å². The molecule has 2 fully saturated rings. The average Bonchev–Trinajstić information content (AvgIpc) is 3.38. The van der Waals surface area contributed by atoms with Gasteiger partial charge in [0.05, 0.1) is 23.4 Å². The Morgan fingerprint density at radius 1 is 1.42 bits per heavy atom. The Hall–Kier alpha value is -2.30. The molecule has 0 saturated carbocycles. The average molecular weight is 450 g/mol. The van der Waals surface area contributed by atoms with Crippen molar-refractivity contribution < 1.29 is 19.8 Å². The number of nitrogens with zero attached hydrogens (tertiary/aromatic N) is 4. The number of hydrogen-bond acceptors (Lipinski definition) is 7. The van der Waals surface area contributed by atoms with E-state index in [1.165, 1.54) is 0 Å². The molecule has 0 bridgehead atoms. The van der Waals surface area contributed by atoms with Crippen molar-refractivity contribution in [3.05, 3.63) is 34.3 Å². The molecule has 1 unspecified atom stereocenters. The predicted molar refractivity (Wildman–Crippen MR) is 117 cm³/mol. The van der Waals surface area contributed by atoms with Gasteiger partial charge in [-0.1, -0.05) is 0 Å². The van der Waals surface area contributed by atoms with Gasteiger partial charge in [-0.15, -0.1) is 11.3 Å². The lowest BCUT2D eigenvalue weighted by Gasteiger charge is -2.49. The molecule has 3 N–H and O–H groups in total. The van der Waals surface area contributed by atoms with E-state index in [1.807, 2.05) is 23.4 Å². The van der Waals surface area contributed by atoms with Gasteiger partial charge in [-0.05, 0) is 38.0 Å². The highest BCUT2D eigenvalue weighted by Crippen LogP contribution is 2.40. The topological polar surface area (TPSA) is 123 Å². The molecular weight excluding hydrogens is 418 g/mol. The maximum Gasteiger partial charge on any atom is 0.290 e. The molecule has 4 heterocycles. The second-order valence-electron chi connectivity index (χ2n) is 8.41. The minimum absolute atomic E-state index is 0.104. The number of rotatable bonds is 5. The number of likely N-dealkylation sites (tertiary alicyclic amines) is 2. The van der Waals surface area contributed by atoms with Crippen LogP contribution in [0.2, 0.25) is 0 Å². The van der Waals surface area contributed by atoms with Crippen molar-refractivity contribution in [3.63, 3.8) is 0 Å². The lowest BCUT2D eigenvalue weighted by atomic mass is 9.71. The van der Waals surface area contributed by atoms with Gasteiger partial charge in [-0.25, -0.2) is 9.97 Å². The quantitative estimate of drug-likeness (QED) is 0.594. The first kappa shape index (κ1) is 23.4. The van der Waals surface area contributed by atoms with Crippen LogP contribution in [0.3, 0.4) is 0 Å². The van der Waals surface area contributed by atoms with E-state index >= 15 is 0 Å². The largest absolute Gasteiger partial charge is 0.483 e. The molecule has 1 spiro atoms. The molecule has 170 valence electrons. The second-order valence-corrected chi connectivity index (χ2v) is 9.47. The SMILES string of the molecule is Cc1nc(CCC(=O)N2CCC3(CC2)CC(O)CN(Cc2ncc[nH]2)C3)cs1.O=CO. The van der Waals surface area contributed by atoms with Crippen LogP contribution in [0.5, 0.6) is 0 Å². The Bertz CT molecular complexity index is 833. The Kier molecular flexibility index (Phi) is 8.16. The zero-order chi connectivity index (χ0) is 22.3. The lowest BCUT2D eigenvalue weighted by Crippen LogP contribution is -2.54. The van der Waals surface area contributed by atoms with E-state index in [2.05, 4.69) is 19.9 Å². The molecule has 31 heavy (non-hydrogen) atoms. The number of aliphatic hydroxyl groups excluding tert-OH is 1. The molecule has 2 saturated heterocycles. The summed E-state index contributed by atoms with van der Waals surface area (Å²) in [7, 11) is 0. The fourth-order valence-corrected chi connectivity index (χ4v) is 5.34. The number of aliphatic hydroxyl groups is 1. The normalized spacial score (nSPS) is 20.8. The number of imidazole rings is 1. The number of aromatic nitrogens is 3. The highest BCUT2D eigenvalue weighted by molar-refractivity contribution is 7.09. The number of carbonyl (C=O) groups excluding carboxylic acids is 1. The number of thiazole rings is 1. The third kappa shape index (κ3) is 6.59. The summed E-state index contributed by atoms with van der Waals surface area (Å²) in [5, 5.41) is 20.4. The molecule has 0 aliphatic carbocycles. The first-order valence-electron chi connectivity index (χ1n) is 10.6. The summed E-state index contributed by atoms with van der Waals surface area (Å²) < 4.78 is 0. The molecule has 10 heteroatoms. The number of carboxylic acid groups (broad SMARTS) is 1. The predicted octanol–water partition coefficient (Wildman–Crippen LogP) is 1.68. The molecule has 1 atom stereocenters. The van der Waals surface area contributed by atoms with Gasteiger partial charge in [0.15, 0.2) is 0 Å². The van der Waals surface area contributed by atoms with Gasteiger partial charge in [0.1, 0.15) is 5.82 Å². The third-order valence-electron chi connectivity index (χ3n) is 6.06. The van der Waals surface area contributed by atoms with Gasteiger partial charge in [0, 0.05) is 50.4 Å². The van der Waals surface area contributed by atoms with Gasteiger partial charge in [-0.2, -0.15) is 0 Å². The van der Waals surface area contributed by atoms with Crippen molar-refractivity contribution >= 4 is 23.7 Å². The van der Waals surface area contributed by atoms with Gasteiger partial charge < -0.3 is 20.1 Å². The van der Waals surface area contributed by atoms with Crippen molar-refractivity contribution in [1.82, 2.24) is 24.8 Å². The number of aromatic amines is 1. The summed E-state index contributed by atoms with van der Waals surface area (Å²) >= 11 is 1.64. The number of piperidine rings is 2. The number of H-pyrrole nitrogens is 1. The van der Waals surface area contributed by atoms with Crippen LogP contribution < -0.4 is 0 Å². The van der Waals surface area contributed by atoms with Crippen LogP contribution in [-0.2, 0) is 22.6 Å². The van der Waals surface area contributed by atoms with E-state index in [9.17, 15) is 9.90 Å². The summed E-state index contributed by atoms with van der Waals surface area (Å²) in [4.78, 5) is 37.2. The van der Waals surface area contributed by atoms with Crippen LogP contribution in [0.25, 0.3) is 0 Å². The number of amides is 1. The fourth-order valence-electron chi connectivity index (χ4n) is 4.69. The molecule has 2 aliphatic rings. The standard InChI is InChI=1S/C20H29N5O2S.CH2O2/c1-15-23-16(13-28-15)2-3-19(27)25-8-4-20(5-9-25)10-17(26)11-24(14-20)12-18-21-6-7-22-18;2-1-3/h6-7,13,17,26H,2-5,8-12,14H2,1H3,(H,21,22);1H,(H,2,3). The summed E-state index contributed by atoms with van der Waals surface area (Å²) in [6, 6.07) is 0. The monoisotopic (exact) mass is 449 g/mol. The van der Waals surface area contributed by atoms with Crippen molar-refractivity contribution in [2.45, 2.75) is 51.7 Å². The van der Waals surface area contributed by atoms with Crippen LogP contribution in [0.4, 0.5) is 0 Å². The van der Waals surface area contributed by atoms with Gasteiger partial charge in [0.25, 0.3) is 6.47 Å². The highest BCUT2D eigenvalue weighted by Gasteiger charge is 2.42. The van der Waals surface area contributed by atoms with Gasteiger partial charge in [-0.3, -0.25) is 14.5 Å². The molecule has 1 amide bonds. The van der Waals surface area contributed by atoms with E-state index < -0.39 is 0 Å². The van der Waals surface area contributed by atoms with Crippen LogP contribution in [0.1, 0.15) is 42.2 Å². The molecule has 0 aromatic carbocycles. The van der Waals surface area contributed by atoms with Crippen molar-refractivity contribution in [3.8, 4) is 0 Å². The maximum atomic E-state index is 12.6. The summed E-state index contributed by atoms with van der Waals surface area (Å²) in [6.45, 7) is 5.71. The van der Waals surface area contributed by atoms with Crippen molar-refractivity contribution in [2.75, 3.05) is 26.2 Å². The van der Waals surface area contributed by atoms with E-state index in [-0.39, 0.29) is 23.9 Å². The highest BCUT2D eigenvalue weighted by atomic mass is 32.1. The fraction of sp³-hybridized carbons (Fsp3) is 0.619. The van der Waals surface area contributed by atoms with E-state index in [0.717, 1.165) is 68.4 Å². The van der Waals surface area contributed by atoms with Crippen LogP contribution in [0, 0.1) is 12.3 Å². The van der Waals surface area contributed by atoms with Gasteiger partial charge >= 0.3 is 0 Å². The molecule has 9 nitrogen and oxygen atoms in total. The minimum atomic E-state index is -0.307. The Morgan fingerprint density at radius 3 is 2.77 bits per heavy atom. The Morgan fingerprint density at radius 2 is 2.16 bits per heavy atom.